The Bertz CT molecular complexity index is 374. The average molecular weight is 210 g/mol. The van der Waals surface area contributed by atoms with Crippen LogP contribution >= 0.6 is 0 Å². The smallest absolute Gasteiger partial charge is 0.345 e. The van der Waals surface area contributed by atoms with Crippen molar-refractivity contribution >= 4 is 17.7 Å². The highest BCUT2D eigenvalue weighted by Crippen LogP contribution is 2.15. The summed E-state index contributed by atoms with van der Waals surface area (Å²) in [5.74, 6) is -0.0687. The molecule has 0 spiro atoms. The Kier molecular flexibility index (Phi) is 3.47. The van der Waals surface area contributed by atoms with Crippen LogP contribution in [0.4, 0.5) is 10.5 Å². The van der Waals surface area contributed by atoms with Gasteiger partial charge in [-0.05, 0) is 24.3 Å². The van der Waals surface area contributed by atoms with Crippen molar-refractivity contribution in [2.75, 3.05) is 0 Å². The molecule has 0 aromatic heterocycles. The predicted molar refractivity (Wildman–Crippen MR) is 52.8 cm³/mol. The summed E-state index contributed by atoms with van der Waals surface area (Å²) in [6.45, 7) is 0. The Morgan fingerprint density at radius 1 is 1.33 bits per heavy atom. The Hall–Kier alpha value is -2.28. The molecule has 80 valence electrons. The molecule has 0 aliphatic rings. The highest BCUT2D eigenvalue weighted by atomic mass is 16.5. The Balaban J connectivity index is 2.70. The van der Waals surface area contributed by atoms with Gasteiger partial charge in [0.1, 0.15) is 5.75 Å². The number of nitrogens with one attached hydrogen (secondary N) is 2. The second-order valence-electron chi connectivity index (χ2n) is 2.58. The lowest BCUT2D eigenvalue weighted by Gasteiger charge is -2.02. The zero-order valence-electron chi connectivity index (χ0n) is 7.64. The number of hydroxylamine groups is 1. The minimum atomic E-state index is -0.880. The molecule has 1 rings (SSSR count). The monoisotopic (exact) mass is 210 g/mol. The molecule has 7 heteroatoms. The number of hydrogen-bond acceptors (Lipinski definition) is 4. The lowest BCUT2D eigenvalue weighted by atomic mass is 10.3. The van der Waals surface area contributed by atoms with E-state index >= 15 is 0 Å². The summed E-state index contributed by atoms with van der Waals surface area (Å²) in [6, 6.07) is 5.01. The number of phenols is 1. The molecule has 0 unspecified atom stereocenters. The average Bonchev–Trinajstić information content (AvgIpc) is 2.21. The van der Waals surface area contributed by atoms with Crippen LogP contribution in [-0.4, -0.2) is 22.3 Å². The van der Waals surface area contributed by atoms with E-state index in [-0.39, 0.29) is 11.7 Å². The summed E-state index contributed by atoms with van der Waals surface area (Å²) in [4.78, 5) is 14.4. The number of nitrogens with two attached hydrogens (primary N) is 1. The molecule has 0 bridgehead atoms. The maximum absolute atomic E-state index is 10.6. The second kappa shape index (κ2) is 4.82. The number of nitrogens with zero attached hydrogens (tertiary/aromatic N) is 1. The van der Waals surface area contributed by atoms with Crippen molar-refractivity contribution in [1.82, 2.24) is 10.8 Å². The van der Waals surface area contributed by atoms with Crippen molar-refractivity contribution in [3.63, 3.8) is 0 Å². The van der Waals surface area contributed by atoms with Crippen LogP contribution in [0.3, 0.4) is 0 Å². The predicted octanol–water partition coefficient (Wildman–Crippen LogP) is 0.0268. The van der Waals surface area contributed by atoms with E-state index < -0.39 is 6.03 Å². The van der Waals surface area contributed by atoms with Crippen LogP contribution in [-0.2, 0) is 0 Å². The van der Waals surface area contributed by atoms with Gasteiger partial charge in [-0.2, -0.15) is 0 Å². The molecule has 1 aromatic rings. The third kappa shape index (κ3) is 3.53. The molecule has 0 saturated carbocycles. The van der Waals surface area contributed by atoms with E-state index in [4.69, 9.17) is 16.0 Å². The van der Waals surface area contributed by atoms with E-state index in [0.29, 0.717) is 5.69 Å². The number of rotatable bonds is 1. The number of urea groups is 1. The number of carbonyl (C=O) groups is 1. The first-order valence-electron chi connectivity index (χ1n) is 3.96. The van der Waals surface area contributed by atoms with Crippen LogP contribution in [0.5, 0.6) is 5.75 Å². The minimum absolute atomic E-state index is 0.105. The van der Waals surface area contributed by atoms with Crippen molar-refractivity contribution < 1.29 is 15.1 Å². The van der Waals surface area contributed by atoms with E-state index in [0.717, 1.165) is 0 Å². The zero-order chi connectivity index (χ0) is 11.3. The summed E-state index contributed by atoms with van der Waals surface area (Å²) >= 11 is 0. The standard InChI is InChI=1S/C8H10N4O3/c9-7(11-8(14)12-15)10-5-1-3-6(13)4-2-5/h1-4,13,15H,(H4,9,10,11,12,14). The zero-order valence-corrected chi connectivity index (χ0v) is 7.64. The van der Waals surface area contributed by atoms with Gasteiger partial charge in [-0.25, -0.2) is 15.3 Å². The molecule has 0 aliphatic heterocycles. The molecule has 6 N–H and O–H groups in total. The van der Waals surface area contributed by atoms with E-state index in [2.05, 4.69) is 10.3 Å². The molecule has 0 saturated heterocycles. The molecular weight excluding hydrogens is 200 g/mol. The van der Waals surface area contributed by atoms with Crippen molar-refractivity contribution in [3.05, 3.63) is 24.3 Å². The van der Waals surface area contributed by atoms with Gasteiger partial charge in [-0.1, -0.05) is 0 Å². The number of phenolic OH excluding ortho intramolecular Hbond substituents is 1. The summed E-state index contributed by atoms with van der Waals surface area (Å²) in [5, 5.41) is 19.2. The van der Waals surface area contributed by atoms with Gasteiger partial charge in [0.05, 0.1) is 5.69 Å². The quantitative estimate of drug-likeness (QED) is 0.194. The van der Waals surface area contributed by atoms with Gasteiger partial charge in [0.25, 0.3) is 0 Å². The molecule has 0 aliphatic carbocycles. The van der Waals surface area contributed by atoms with Gasteiger partial charge in [0, 0.05) is 0 Å². The molecule has 15 heavy (non-hydrogen) atoms. The van der Waals surface area contributed by atoms with Crippen LogP contribution in [0, 0.1) is 0 Å². The number of carbonyl (C=O) groups excluding carboxylic acids is 1. The van der Waals surface area contributed by atoms with Gasteiger partial charge in [-0.15, -0.1) is 0 Å². The van der Waals surface area contributed by atoms with Crippen molar-refractivity contribution in [1.29, 1.82) is 0 Å². The first-order valence-corrected chi connectivity index (χ1v) is 3.96. The maximum atomic E-state index is 10.6. The summed E-state index contributed by atoms with van der Waals surface area (Å²) in [6.07, 6.45) is 0. The second-order valence-corrected chi connectivity index (χ2v) is 2.58. The largest absolute Gasteiger partial charge is 0.508 e. The van der Waals surface area contributed by atoms with Gasteiger partial charge in [0.15, 0.2) is 0 Å². The topological polar surface area (TPSA) is 120 Å². The SMILES string of the molecule is NC(=Nc1ccc(O)cc1)NC(=O)NO. The van der Waals surface area contributed by atoms with E-state index in [1.807, 2.05) is 0 Å². The lowest BCUT2D eigenvalue weighted by Crippen LogP contribution is -2.41. The normalized spacial score (nSPS) is 10.9. The number of amides is 2. The van der Waals surface area contributed by atoms with Crippen LogP contribution in [0.2, 0.25) is 0 Å². The van der Waals surface area contributed by atoms with Crippen LogP contribution in [0.25, 0.3) is 0 Å². The number of aromatic hydroxyl groups is 1. The maximum Gasteiger partial charge on any atom is 0.345 e. The van der Waals surface area contributed by atoms with Crippen LogP contribution in [0.1, 0.15) is 0 Å². The highest BCUT2D eigenvalue weighted by Gasteiger charge is 1.99. The van der Waals surface area contributed by atoms with Gasteiger partial charge in [0.2, 0.25) is 5.96 Å². The lowest BCUT2D eigenvalue weighted by molar-refractivity contribution is 0.165. The van der Waals surface area contributed by atoms with Crippen LogP contribution in [0.15, 0.2) is 29.3 Å². The van der Waals surface area contributed by atoms with Crippen molar-refractivity contribution in [3.8, 4) is 5.75 Å². The molecule has 0 heterocycles. The van der Waals surface area contributed by atoms with Crippen LogP contribution < -0.4 is 16.5 Å². The number of guanidine groups is 1. The molecular formula is C8H10N4O3. The Labute approximate surface area is 85.2 Å². The van der Waals surface area contributed by atoms with Gasteiger partial charge >= 0.3 is 6.03 Å². The first-order chi connectivity index (χ1) is 7.11. The number of hydrogen-bond donors (Lipinski definition) is 5. The Morgan fingerprint density at radius 3 is 2.47 bits per heavy atom. The molecule has 1 aromatic carbocycles. The highest BCUT2D eigenvalue weighted by molar-refractivity contribution is 5.95. The first kappa shape index (κ1) is 10.8. The third-order valence-corrected chi connectivity index (χ3v) is 1.44. The number of benzene rings is 1. The molecule has 2 amide bonds. The molecule has 0 atom stereocenters. The fourth-order valence-electron chi connectivity index (χ4n) is 0.838. The molecule has 7 nitrogen and oxygen atoms in total. The van der Waals surface area contributed by atoms with E-state index in [1.54, 1.807) is 0 Å². The fraction of sp³-hybridized carbons (Fsp3) is 0. The van der Waals surface area contributed by atoms with E-state index in [9.17, 15) is 4.79 Å². The molecule has 0 fully saturated rings. The summed E-state index contributed by atoms with van der Waals surface area (Å²) in [5.41, 5.74) is 7.13. The van der Waals surface area contributed by atoms with Gasteiger partial charge in [-0.3, -0.25) is 10.5 Å². The Morgan fingerprint density at radius 2 is 1.93 bits per heavy atom. The molecule has 0 radical (unpaired) electrons. The minimum Gasteiger partial charge on any atom is -0.508 e. The fourth-order valence-corrected chi connectivity index (χ4v) is 0.838. The summed E-state index contributed by atoms with van der Waals surface area (Å²) < 4.78 is 0. The van der Waals surface area contributed by atoms with Crippen molar-refractivity contribution in [2.24, 2.45) is 10.7 Å². The van der Waals surface area contributed by atoms with Gasteiger partial charge < -0.3 is 10.8 Å². The third-order valence-electron chi connectivity index (χ3n) is 1.44. The van der Waals surface area contributed by atoms with Crippen molar-refractivity contribution in [2.45, 2.75) is 0 Å². The van der Waals surface area contributed by atoms with E-state index in [1.165, 1.54) is 29.7 Å². The number of aliphatic imine (C=N–C) groups is 1. The summed E-state index contributed by atoms with van der Waals surface area (Å²) in [7, 11) is 0.